The van der Waals surface area contributed by atoms with Crippen LogP contribution in [0.5, 0.6) is 0 Å². The fourth-order valence-electron chi connectivity index (χ4n) is 9.29. The average molecular weight is 405 g/mol. The Morgan fingerprint density at radius 1 is 0.862 bits per heavy atom. The summed E-state index contributed by atoms with van der Waals surface area (Å²) >= 11 is 0. The fraction of sp³-hybridized carbons (Fsp3) is 1.00. The third-order valence-electron chi connectivity index (χ3n) is 11.1. The maximum atomic E-state index is 10.3. The summed E-state index contributed by atoms with van der Waals surface area (Å²) in [6.07, 6.45) is 15.8. The van der Waals surface area contributed by atoms with Crippen molar-refractivity contribution >= 4 is 0 Å². The lowest BCUT2D eigenvalue weighted by Gasteiger charge is -2.61. The SMILES string of the molecule is C[C@H](CO)CCC[C@@H](C)[C@H]1CC[C@H]2[C@@H]3CC[C@H]4C[C@@H](O)CC[C@]4(C)[C@H]3CC[C@]12C. The first-order valence-corrected chi connectivity index (χ1v) is 13.1. The van der Waals surface area contributed by atoms with Crippen molar-refractivity contribution in [3.63, 3.8) is 0 Å². The summed E-state index contributed by atoms with van der Waals surface area (Å²) in [4.78, 5) is 0. The van der Waals surface area contributed by atoms with Crippen molar-refractivity contribution in [2.75, 3.05) is 6.61 Å². The highest BCUT2D eigenvalue weighted by Crippen LogP contribution is 2.68. The number of fused-ring (bicyclic) bond motifs is 5. The van der Waals surface area contributed by atoms with Gasteiger partial charge in [0.2, 0.25) is 0 Å². The van der Waals surface area contributed by atoms with Gasteiger partial charge in [-0.2, -0.15) is 0 Å². The minimum absolute atomic E-state index is 0.0243. The molecule has 0 saturated heterocycles. The van der Waals surface area contributed by atoms with E-state index >= 15 is 0 Å². The van der Waals surface area contributed by atoms with Gasteiger partial charge in [0.15, 0.2) is 0 Å². The molecule has 0 heterocycles. The van der Waals surface area contributed by atoms with Gasteiger partial charge in [-0.15, -0.1) is 0 Å². The van der Waals surface area contributed by atoms with Gasteiger partial charge in [-0.25, -0.2) is 0 Å². The van der Waals surface area contributed by atoms with Crippen LogP contribution in [-0.4, -0.2) is 22.9 Å². The molecule has 0 bridgehead atoms. The molecule has 2 nitrogen and oxygen atoms in total. The van der Waals surface area contributed by atoms with Crippen molar-refractivity contribution in [3.05, 3.63) is 0 Å². The van der Waals surface area contributed by atoms with E-state index in [1.54, 1.807) is 0 Å². The Labute approximate surface area is 180 Å². The van der Waals surface area contributed by atoms with Gasteiger partial charge in [0.05, 0.1) is 6.10 Å². The smallest absolute Gasteiger partial charge is 0.0543 e. The number of rotatable bonds is 6. The molecule has 4 rings (SSSR count). The van der Waals surface area contributed by atoms with Crippen LogP contribution in [0.1, 0.15) is 105 Å². The third-order valence-corrected chi connectivity index (χ3v) is 11.1. The van der Waals surface area contributed by atoms with Crippen LogP contribution >= 0.6 is 0 Å². The molecule has 2 N–H and O–H groups in total. The Bertz CT molecular complexity index is 561. The van der Waals surface area contributed by atoms with Crippen LogP contribution in [0.15, 0.2) is 0 Å². The third kappa shape index (κ3) is 3.84. The van der Waals surface area contributed by atoms with Crippen LogP contribution in [-0.2, 0) is 0 Å². The van der Waals surface area contributed by atoms with Crippen molar-refractivity contribution < 1.29 is 10.2 Å². The van der Waals surface area contributed by atoms with Gasteiger partial charge in [-0.3, -0.25) is 0 Å². The average Bonchev–Trinajstić information content (AvgIpc) is 3.05. The molecular weight excluding hydrogens is 356 g/mol. The molecule has 0 spiro atoms. The molecule has 0 amide bonds. The van der Waals surface area contributed by atoms with E-state index in [1.807, 2.05) is 0 Å². The summed E-state index contributed by atoms with van der Waals surface area (Å²) < 4.78 is 0. The van der Waals surface area contributed by atoms with Crippen molar-refractivity contribution in [3.8, 4) is 0 Å². The van der Waals surface area contributed by atoms with Gasteiger partial charge < -0.3 is 10.2 Å². The highest BCUT2D eigenvalue weighted by atomic mass is 16.3. The summed E-state index contributed by atoms with van der Waals surface area (Å²) in [5.74, 6) is 5.83. The number of hydrogen-bond acceptors (Lipinski definition) is 2. The molecule has 0 radical (unpaired) electrons. The van der Waals surface area contributed by atoms with Gasteiger partial charge in [0, 0.05) is 6.61 Å². The zero-order valence-corrected chi connectivity index (χ0v) is 19.7. The van der Waals surface area contributed by atoms with Gasteiger partial charge in [-0.1, -0.05) is 40.5 Å². The molecule has 29 heavy (non-hydrogen) atoms. The molecule has 0 aromatic rings. The number of aliphatic hydroxyl groups excluding tert-OH is 2. The molecule has 10 atom stereocenters. The summed E-state index contributed by atoms with van der Waals surface area (Å²) in [7, 11) is 0. The molecule has 0 aliphatic heterocycles. The Balaban J connectivity index is 1.43. The van der Waals surface area contributed by atoms with Gasteiger partial charge in [0.25, 0.3) is 0 Å². The Kier molecular flexibility index (Phi) is 6.45. The quantitative estimate of drug-likeness (QED) is 0.534. The lowest BCUT2D eigenvalue weighted by Crippen LogP contribution is -2.54. The van der Waals surface area contributed by atoms with E-state index in [-0.39, 0.29) is 6.10 Å². The van der Waals surface area contributed by atoms with Gasteiger partial charge >= 0.3 is 0 Å². The van der Waals surface area contributed by atoms with Crippen LogP contribution < -0.4 is 0 Å². The second-order valence-electron chi connectivity index (χ2n) is 12.5. The molecule has 168 valence electrons. The van der Waals surface area contributed by atoms with E-state index in [9.17, 15) is 10.2 Å². The Morgan fingerprint density at radius 2 is 1.59 bits per heavy atom. The normalized spacial score (nSPS) is 49.0. The van der Waals surface area contributed by atoms with Crippen molar-refractivity contribution in [1.29, 1.82) is 0 Å². The highest BCUT2D eigenvalue weighted by molar-refractivity contribution is 5.09. The summed E-state index contributed by atoms with van der Waals surface area (Å²) in [5.41, 5.74) is 1.08. The van der Waals surface area contributed by atoms with Crippen LogP contribution in [0.4, 0.5) is 0 Å². The Hall–Kier alpha value is -0.0800. The van der Waals surface area contributed by atoms with Crippen LogP contribution in [0, 0.1) is 52.3 Å². The lowest BCUT2D eigenvalue weighted by molar-refractivity contribution is -0.129. The second kappa shape index (κ2) is 8.45. The zero-order valence-electron chi connectivity index (χ0n) is 19.7. The number of hydrogen-bond donors (Lipinski definition) is 2. The molecule has 4 aliphatic carbocycles. The summed E-state index contributed by atoms with van der Waals surface area (Å²) in [6.45, 7) is 10.4. The second-order valence-corrected chi connectivity index (χ2v) is 12.5. The monoisotopic (exact) mass is 404 g/mol. The fourth-order valence-corrected chi connectivity index (χ4v) is 9.29. The van der Waals surface area contributed by atoms with Gasteiger partial charge in [0.1, 0.15) is 0 Å². The first-order valence-electron chi connectivity index (χ1n) is 13.1. The van der Waals surface area contributed by atoms with E-state index in [2.05, 4.69) is 27.7 Å². The lowest BCUT2D eigenvalue weighted by atomic mass is 9.44. The molecule has 2 heteroatoms. The van der Waals surface area contributed by atoms with Crippen LogP contribution in [0.2, 0.25) is 0 Å². The van der Waals surface area contributed by atoms with Gasteiger partial charge in [-0.05, 0) is 116 Å². The molecule has 0 aromatic heterocycles. The maximum Gasteiger partial charge on any atom is 0.0543 e. The molecular formula is C27H48O2. The standard InChI is InChI=1S/C27H48O2/c1-18(17-28)6-5-7-19(2)23-10-11-24-22-9-8-20-16-21(29)12-14-26(20,3)25(22)13-15-27(23,24)4/h18-25,28-29H,5-17H2,1-4H3/t18-,19+,20-,21-,22-,23+,24-,25-,26-,27+/m0/s1. The minimum atomic E-state index is -0.0243. The minimum Gasteiger partial charge on any atom is -0.396 e. The summed E-state index contributed by atoms with van der Waals surface area (Å²) in [6, 6.07) is 0. The van der Waals surface area contributed by atoms with Crippen molar-refractivity contribution in [2.45, 2.75) is 111 Å². The van der Waals surface area contributed by atoms with Crippen LogP contribution in [0.25, 0.3) is 0 Å². The van der Waals surface area contributed by atoms with Crippen molar-refractivity contribution in [2.24, 2.45) is 52.3 Å². The molecule has 4 fully saturated rings. The molecule has 0 aromatic carbocycles. The number of aliphatic hydroxyl groups is 2. The predicted octanol–water partition coefficient (Wildman–Crippen LogP) is 6.44. The molecule has 4 saturated carbocycles. The first-order chi connectivity index (χ1) is 13.8. The van der Waals surface area contributed by atoms with E-state index in [0.29, 0.717) is 23.4 Å². The molecule has 4 aliphatic rings. The maximum absolute atomic E-state index is 10.3. The van der Waals surface area contributed by atoms with E-state index in [1.165, 1.54) is 64.2 Å². The van der Waals surface area contributed by atoms with E-state index < -0.39 is 0 Å². The largest absolute Gasteiger partial charge is 0.396 e. The zero-order chi connectivity index (χ0) is 20.8. The van der Waals surface area contributed by atoms with Crippen molar-refractivity contribution in [1.82, 2.24) is 0 Å². The van der Waals surface area contributed by atoms with E-state index in [4.69, 9.17) is 0 Å². The predicted molar refractivity (Wildman–Crippen MR) is 120 cm³/mol. The molecule has 0 unspecified atom stereocenters. The first kappa shape index (κ1) is 22.1. The van der Waals surface area contributed by atoms with E-state index in [0.717, 1.165) is 48.3 Å². The topological polar surface area (TPSA) is 40.5 Å². The van der Waals surface area contributed by atoms with Crippen LogP contribution in [0.3, 0.4) is 0 Å². The Morgan fingerprint density at radius 3 is 2.34 bits per heavy atom. The highest BCUT2D eigenvalue weighted by Gasteiger charge is 2.60. The summed E-state index contributed by atoms with van der Waals surface area (Å²) in [5, 5.41) is 19.6.